The van der Waals surface area contributed by atoms with Crippen LogP contribution in [0.25, 0.3) is 0 Å². The Labute approximate surface area is 216 Å². The molecule has 3 rings (SSSR count). The van der Waals surface area contributed by atoms with Gasteiger partial charge in [0.05, 0.1) is 29.1 Å². The minimum atomic E-state index is -4.99. The Morgan fingerprint density at radius 2 is 1.63 bits per heavy atom. The molecule has 1 saturated heterocycles. The first-order valence-corrected chi connectivity index (χ1v) is 12.7. The van der Waals surface area contributed by atoms with E-state index in [9.17, 15) is 36.0 Å². The SMILES string of the molecule is CC(C)(C)OC(=O)Oc1ccc(C2(C)C(=O)N(c3ccc(C#N)c(C(F)(F)F)c3)C(=O)N2S(C)(=O)=O)cc1. The minimum absolute atomic E-state index is 0.0203. The van der Waals surface area contributed by atoms with Gasteiger partial charge in [-0.3, -0.25) is 4.79 Å². The molecule has 1 aliphatic heterocycles. The molecule has 2 aromatic carbocycles. The van der Waals surface area contributed by atoms with Crippen molar-refractivity contribution in [1.82, 2.24) is 4.31 Å². The van der Waals surface area contributed by atoms with Gasteiger partial charge in [0.2, 0.25) is 10.0 Å². The molecule has 0 aromatic heterocycles. The number of carbonyl (C=O) groups is 3. The van der Waals surface area contributed by atoms with Gasteiger partial charge in [-0.2, -0.15) is 18.4 Å². The molecule has 1 aliphatic rings. The van der Waals surface area contributed by atoms with E-state index in [1.807, 2.05) is 0 Å². The summed E-state index contributed by atoms with van der Waals surface area (Å²) in [6.07, 6.45) is -5.34. The number of urea groups is 1. The van der Waals surface area contributed by atoms with Crippen molar-refractivity contribution in [2.24, 2.45) is 0 Å². The van der Waals surface area contributed by atoms with Crippen molar-refractivity contribution in [3.8, 4) is 11.8 Å². The van der Waals surface area contributed by atoms with Crippen molar-refractivity contribution in [1.29, 1.82) is 5.26 Å². The molecular weight excluding hydrogens is 531 g/mol. The number of rotatable bonds is 4. The Hall–Kier alpha value is -4.12. The summed E-state index contributed by atoms with van der Waals surface area (Å²) < 4.78 is 76.2. The lowest BCUT2D eigenvalue weighted by Crippen LogP contribution is -2.47. The number of nitrogens with zero attached hydrogens (tertiary/aromatic N) is 3. The number of halogens is 3. The normalized spacial score (nSPS) is 18.4. The van der Waals surface area contributed by atoms with Crippen molar-refractivity contribution in [3.63, 3.8) is 0 Å². The largest absolute Gasteiger partial charge is 0.514 e. The summed E-state index contributed by atoms with van der Waals surface area (Å²) in [6, 6.07) is 7.04. The maximum Gasteiger partial charge on any atom is 0.514 e. The predicted octanol–water partition coefficient (Wildman–Crippen LogP) is 4.53. The first kappa shape index (κ1) is 28.5. The third-order valence-corrected chi connectivity index (χ3v) is 6.60. The van der Waals surface area contributed by atoms with Gasteiger partial charge in [-0.15, -0.1) is 0 Å². The zero-order valence-corrected chi connectivity index (χ0v) is 21.6. The lowest BCUT2D eigenvalue weighted by molar-refractivity contribution is -0.137. The average Bonchev–Trinajstić information content (AvgIpc) is 2.97. The zero-order valence-electron chi connectivity index (χ0n) is 20.8. The van der Waals surface area contributed by atoms with E-state index in [0.29, 0.717) is 17.2 Å². The Morgan fingerprint density at radius 1 is 1.05 bits per heavy atom. The highest BCUT2D eigenvalue weighted by molar-refractivity contribution is 7.89. The van der Waals surface area contributed by atoms with Crippen LogP contribution in [0.2, 0.25) is 0 Å². The fourth-order valence-electron chi connectivity index (χ4n) is 3.83. The number of anilines is 1. The van der Waals surface area contributed by atoms with Crippen LogP contribution in [0.5, 0.6) is 5.75 Å². The molecule has 0 aliphatic carbocycles. The number of benzene rings is 2. The molecular formula is C24H22F3N3O7S. The molecule has 202 valence electrons. The molecule has 3 amide bonds. The molecule has 0 saturated carbocycles. The van der Waals surface area contributed by atoms with E-state index in [2.05, 4.69) is 0 Å². The second kappa shape index (κ2) is 9.32. The number of carbonyl (C=O) groups excluding carboxylic acids is 3. The van der Waals surface area contributed by atoms with Crippen LogP contribution in [0.3, 0.4) is 0 Å². The summed E-state index contributed by atoms with van der Waals surface area (Å²) >= 11 is 0. The molecule has 14 heteroatoms. The van der Waals surface area contributed by atoms with Crippen LogP contribution >= 0.6 is 0 Å². The summed E-state index contributed by atoms with van der Waals surface area (Å²) in [5.41, 5.74) is -5.80. The van der Waals surface area contributed by atoms with Crippen molar-refractivity contribution >= 4 is 33.8 Å². The first-order chi connectivity index (χ1) is 17.3. The van der Waals surface area contributed by atoms with Gasteiger partial charge in [0, 0.05) is 0 Å². The van der Waals surface area contributed by atoms with Gasteiger partial charge < -0.3 is 9.47 Å². The van der Waals surface area contributed by atoms with E-state index in [-0.39, 0.29) is 15.6 Å². The highest BCUT2D eigenvalue weighted by atomic mass is 32.2. The molecule has 0 spiro atoms. The van der Waals surface area contributed by atoms with E-state index >= 15 is 0 Å². The van der Waals surface area contributed by atoms with Gasteiger partial charge in [-0.05, 0) is 63.6 Å². The van der Waals surface area contributed by atoms with E-state index in [0.717, 1.165) is 19.1 Å². The van der Waals surface area contributed by atoms with Crippen molar-refractivity contribution in [2.75, 3.05) is 11.2 Å². The molecule has 2 aromatic rings. The van der Waals surface area contributed by atoms with Crippen LogP contribution in [0, 0.1) is 11.3 Å². The second-order valence-corrected chi connectivity index (χ2v) is 11.3. The Morgan fingerprint density at radius 3 is 2.11 bits per heavy atom. The number of alkyl halides is 3. The highest BCUT2D eigenvalue weighted by Crippen LogP contribution is 2.43. The molecule has 10 nitrogen and oxygen atoms in total. The summed E-state index contributed by atoms with van der Waals surface area (Å²) in [4.78, 5) is 39.0. The van der Waals surface area contributed by atoms with Gasteiger partial charge in [-0.25, -0.2) is 27.2 Å². The quantitative estimate of drug-likeness (QED) is 0.306. The monoisotopic (exact) mass is 553 g/mol. The zero-order chi connectivity index (χ0) is 28.8. The van der Waals surface area contributed by atoms with E-state index in [1.165, 1.54) is 30.3 Å². The predicted molar refractivity (Wildman–Crippen MR) is 126 cm³/mol. The first-order valence-electron chi connectivity index (χ1n) is 10.8. The number of nitriles is 1. The Kier molecular flexibility index (Phi) is 6.98. The highest BCUT2D eigenvalue weighted by Gasteiger charge is 2.60. The number of ether oxygens (including phenoxy) is 2. The lowest BCUT2D eigenvalue weighted by atomic mass is 9.91. The number of sulfonamides is 1. The number of hydrogen-bond donors (Lipinski definition) is 0. The Bertz CT molecular complexity index is 1460. The van der Waals surface area contributed by atoms with Crippen molar-refractivity contribution in [3.05, 3.63) is 59.2 Å². The standard InChI is InChI=1S/C24H22F3N3O7S/c1-22(2,3)37-21(33)36-17-10-7-15(8-11-17)23(4)19(31)29(20(32)30(23)38(5,34)35)16-9-6-14(13-28)18(12-16)24(25,26)27/h6-12H,1-5H3. The lowest BCUT2D eigenvalue weighted by Gasteiger charge is -2.30. The molecule has 1 fully saturated rings. The van der Waals surface area contributed by atoms with Crippen LogP contribution in [0.1, 0.15) is 44.4 Å². The fourth-order valence-corrected chi connectivity index (χ4v) is 5.05. The van der Waals surface area contributed by atoms with Crippen LogP contribution in [-0.2, 0) is 31.3 Å². The van der Waals surface area contributed by atoms with Crippen LogP contribution in [-0.4, -0.2) is 42.7 Å². The maximum atomic E-state index is 13.6. The molecule has 0 bridgehead atoms. The molecule has 0 N–H and O–H groups in total. The van der Waals surface area contributed by atoms with E-state index < -0.39 is 62.2 Å². The van der Waals surface area contributed by atoms with Crippen molar-refractivity contribution in [2.45, 2.75) is 45.0 Å². The van der Waals surface area contributed by atoms with Crippen molar-refractivity contribution < 1.29 is 45.4 Å². The number of imide groups is 1. The van der Waals surface area contributed by atoms with Crippen LogP contribution < -0.4 is 9.64 Å². The van der Waals surface area contributed by atoms with Gasteiger partial charge in [0.15, 0.2) is 5.54 Å². The summed E-state index contributed by atoms with van der Waals surface area (Å²) in [5.74, 6) is -1.18. The molecule has 1 atom stereocenters. The molecule has 38 heavy (non-hydrogen) atoms. The van der Waals surface area contributed by atoms with Gasteiger partial charge in [0.25, 0.3) is 5.91 Å². The number of amides is 3. The minimum Gasteiger partial charge on any atom is -0.428 e. The molecule has 1 heterocycles. The van der Waals surface area contributed by atoms with Gasteiger partial charge in [-0.1, -0.05) is 12.1 Å². The third-order valence-electron chi connectivity index (χ3n) is 5.42. The summed E-state index contributed by atoms with van der Waals surface area (Å²) in [6.45, 7) is 5.99. The van der Waals surface area contributed by atoms with Crippen LogP contribution in [0.15, 0.2) is 42.5 Å². The average molecular weight is 554 g/mol. The number of hydrogen-bond acceptors (Lipinski definition) is 8. The van der Waals surface area contributed by atoms with Crippen LogP contribution in [0.4, 0.5) is 28.4 Å². The fraction of sp³-hybridized carbons (Fsp3) is 0.333. The topological polar surface area (TPSA) is 134 Å². The smallest absolute Gasteiger partial charge is 0.428 e. The Balaban J connectivity index is 2.08. The molecule has 1 unspecified atom stereocenters. The van der Waals surface area contributed by atoms with E-state index in [1.54, 1.807) is 20.8 Å². The van der Waals surface area contributed by atoms with Gasteiger partial charge >= 0.3 is 18.4 Å². The molecule has 0 radical (unpaired) electrons. The summed E-state index contributed by atoms with van der Waals surface area (Å²) in [5, 5.41) is 9.03. The van der Waals surface area contributed by atoms with E-state index in [4.69, 9.17) is 14.7 Å². The van der Waals surface area contributed by atoms with Gasteiger partial charge in [0.1, 0.15) is 11.4 Å². The third kappa shape index (κ3) is 5.28. The second-order valence-electron chi connectivity index (χ2n) is 9.45. The summed E-state index contributed by atoms with van der Waals surface area (Å²) in [7, 11) is -4.44. The maximum absolute atomic E-state index is 13.6.